The number of amides is 1. The van der Waals surface area contributed by atoms with Gasteiger partial charge in [-0.1, -0.05) is 15.9 Å². The molecule has 0 spiro atoms. The maximum absolute atomic E-state index is 13.7. The highest BCUT2D eigenvalue weighted by atomic mass is 79.9. The van der Waals surface area contributed by atoms with Crippen molar-refractivity contribution in [3.63, 3.8) is 0 Å². The molecule has 1 fully saturated rings. The largest absolute Gasteiger partial charge is 0.339 e. The number of carbonyl (C=O) groups excluding carboxylic acids is 1. The second kappa shape index (κ2) is 4.84. The Labute approximate surface area is 110 Å². The molecule has 1 heterocycles. The Morgan fingerprint density at radius 1 is 1.25 bits per heavy atom. The van der Waals surface area contributed by atoms with Gasteiger partial charge in [0.25, 0.3) is 5.91 Å². The van der Waals surface area contributed by atoms with Gasteiger partial charge in [0.1, 0.15) is 5.82 Å². The van der Waals surface area contributed by atoms with E-state index in [-0.39, 0.29) is 11.5 Å². The van der Waals surface area contributed by atoms with Crippen molar-refractivity contribution >= 4 is 37.8 Å². The van der Waals surface area contributed by atoms with Crippen LogP contribution in [0.15, 0.2) is 21.1 Å². The summed E-state index contributed by atoms with van der Waals surface area (Å²) in [6.07, 6.45) is 2.00. The van der Waals surface area contributed by atoms with Crippen LogP contribution in [0.1, 0.15) is 23.2 Å². The van der Waals surface area contributed by atoms with Crippen molar-refractivity contribution in [1.29, 1.82) is 0 Å². The maximum atomic E-state index is 13.7. The van der Waals surface area contributed by atoms with Crippen molar-refractivity contribution in [2.24, 2.45) is 0 Å². The lowest BCUT2D eigenvalue weighted by Gasteiger charge is -2.16. The predicted octanol–water partition coefficient (Wildman–Crippen LogP) is 3.59. The number of hydrogen-bond acceptors (Lipinski definition) is 1. The Morgan fingerprint density at radius 2 is 1.88 bits per heavy atom. The van der Waals surface area contributed by atoms with Crippen LogP contribution in [0, 0.1) is 5.82 Å². The van der Waals surface area contributed by atoms with Crippen LogP contribution in [-0.4, -0.2) is 23.9 Å². The van der Waals surface area contributed by atoms with Crippen LogP contribution in [0.25, 0.3) is 0 Å². The highest BCUT2D eigenvalue weighted by Crippen LogP contribution is 2.27. The van der Waals surface area contributed by atoms with E-state index in [1.54, 1.807) is 11.0 Å². The van der Waals surface area contributed by atoms with Crippen LogP contribution in [-0.2, 0) is 0 Å². The Hall–Kier alpha value is -0.420. The van der Waals surface area contributed by atoms with E-state index in [4.69, 9.17) is 0 Å². The number of likely N-dealkylation sites (tertiary alicyclic amines) is 1. The highest BCUT2D eigenvalue weighted by Gasteiger charge is 2.24. The van der Waals surface area contributed by atoms with Crippen LogP contribution < -0.4 is 0 Å². The highest BCUT2D eigenvalue weighted by molar-refractivity contribution is 9.11. The average molecular weight is 351 g/mol. The van der Waals surface area contributed by atoms with E-state index in [1.165, 1.54) is 6.07 Å². The summed E-state index contributed by atoms with van der Waals surface area (Å²) in [6.45, 7) is 1.45. The number of hydrogen-bond donors (Lipinski definition) is 0. The first kappa shape index (κ1) is 12.0. The SMILES string of the molecule is O=C(c1c(F)cc(Br)cc1Br)N1CCCC1. The van der Waals surface area contributed by atoms with Gasteiger partial charge in [-0.15, -0.1) is 0 Å². The molecule has 16 heavy (non-hydrogen) atoms. The number of nitrogens with zero attached hydrogens (tertiary/aromatic N) is 1. The van der Waals surface area contributed by atoms with E-state index in [0.29, 0.717) is 8.95 Å². The summed E-state index contributed by atoms with van der Waals surface area (Å²) in [6, 6.07) is 3.00. The van der Waals surface area contributed by atoms with Crippen molar-refractivity contribution < 1.29 is 9.18 Å². The maximum Gasteiger partial charge on any atom is 0.257 e. The van der Waals surface area contributed by atoms with Crippen LogP contribution in [0.2, 0.25) is 0 Å². The van der Waals surface area contributed by atoms with Crippen LogP contribution >= 0.6 is 31.9 Å². The van der Waals surface area contributed by atoms with Crippen LogP contribution in [0.4, 0.5) is 4.39 Å². The number of carbonyl (C=O) groups is 1. The summed E-state index contributed by atoms with van der Waals surface area (Å²) < 4.78 is 14.8. The molecule has 2 rings (SSSR count). The second-order valence-electron chi connectivity index (χ2n) is 3.74. The molecule has 86 valence electrons. The first-order chi connectivity index (χ1) is 7.59. The van der Waals surface area contributed by atoms with Crippen LogP contribution in [0.5, 0.6) is 0 Å². The lowest BCUT2D eigenvalue weighted by Crippen LogP contribution is -2.28. The molecular formula is C11H10Br2FNO. The topological polar surface area (TPSA) is 20.3 Å². The van der Waals surface area contributed by atoms with Crippen molar-refractivity contribution in [3.8, 4) is 0 Å². The average Bonchev–Trinajstić information content (AvgIpc) is 2.67. The Kier molecular flexibility index (Phi) is 3.64. The van der Waals surface area contributed by atoms with Gasteiger partial charge < -0.3 is 4.90 Å². The van der Waals surface area contributed by atoms with Gasteiger partial charge in [0, 0.05) is 22.0 Å². The van der Waals surface area contributed by atoms with E-state index >= 15 is 0 Å². The molecule has 1 saturated heterocycles. The molecule has 0 N–H and O–H groups in total. The molecule has 0 saturated carbocycles. The molecule has 0 unspecified atom stereocenters. The minimum absolute atomic E-state index is 0.130. The third-order valence-corrected chi connectivity index (χ3v) is 3.70. The molecule has 1 aromatic carbocycles. The molecule has 0 atom stereocenters. The smallest absolute Gasteiger partial charge is 0.257 e. The third kappa shape index (κ3) is 2.30. The quantitative estimate of drug-likeness (QED) is 0.758. The van der Waals surface area contributed by atoms with Crippen molar-refractivity contribution in [3.05, 3.63) is 32.5 Å². The number of benzene rings is 1. The normalized spacial score (nSPS) is 15.6. The van der Waals surface area contributed by atoms with Crippen molar-refractivity contribution in [2.75, 3.05) is 13.1 Å². The molecule has 1 amide bonds. The summed E-state index contributed by atoms with van der Waals surface area (Å²) >= 11 is 6.41. The van der Waals surface area contributed by atoms with Gasteiger partial charge in [-0.3, -0.25) is 4.79 Å². The standard InChI is InChI=1S/C11H10Br2FNO/c12-7-5-8(13)10(9(14)6-7)11(16)15-3-1-2-4-15/h5-6H,1-4H2. The molecular weight excluding hydrogens is 341 g/mol. The minimum Gasteiger partial charge on any atom is -0.339 e. The lowest BCUT2D eigenvalue weighted by atomic mass is 10.2. The molecule has 0 aliphatic carbocycles. The predicted molar refractivity (Wildman–Crippen MR) is 66.9 cm³/mol. The third-order valence-electron chi connectivity index (χ3n) is 2.61. The number of halogens is 3. The Bertz CT molecular complexity index is 407. The van der Waals surface area contributed by atoms with E-state index in [9.17, 15) is 9.18 Å². The van der Waals surface area contributed by atoms with E-state index < -0.39 is 5.82 Å². The van der Waals surface area contributed by atoms with Gasteiger partial charge in [0.15, 0.2) is 0 Å². The molecule has 0 radical (unpaired) electrons. The minimum atomic E-state index is -0.488. The molecule has 0 bridgehead atoms. The first-order valence-corrected chi connectivity index (χ1v) is 6.62. The fourth-order valence-electron chi connectivity index (χ4n) is 1.82. The fraction of sp³-hybridized carbons (Fsp3) is 0.364. The molecule has 1 aliphatic rings. The molecule has 1 aromatic rings. The molecule has 5 heteroatoms. The zero-order valence-electron chi connectivity index (χ0n) is 8.47. The molecule has 0 aromatic heterocycles. The van der Waals surface area contributed by atoms with Gasteiger partial charge >= 0.3 is 0 Å². The van der Waals surface area contributed by atoms with Gasteiger partial charge in [0.05, 0.1) is 5.56 Å². The molecule has 1 aliphatic heterocycles. The zero-order valence-corrected chi connectivity index (χ0v) is 11.6. The Balaban J connectivity index is 2.35. The monoisotopic (exact) mass is 349 g/mol. The van der Waals surface area contributed by atoms with E-state index in [0.717, 1.165) is 25.9 Å². The van der Waals surface area contributed by atoms with Gasteiger partial charge in [0.2, 0.25) is 0 Å². The zero-order chi connectivity index (χ0) is 11.7. The lowest BCUT2D eigenvalue weighted by molar-refractivity contribution is 0.0787. The summed E-state index contributed by atoms with van der Waals surface area (Å²) in [5.41, 5.74) is 0.130. The van der Waals surface area contributed by atoms with Crippen molar-refractivity contribution in [1.82, 2.24) is 4.90 Å². The number of rotatable bonds is 1. The van der Waals surface area contributed by atoms with Gasteiger partial charge in [-0.25, -0.2) is 4.39 Å². The summed E-state index contributed by atoms with van der Waals surface area (Å²) in [4.78, 5) is 13.7. The second-order valence-corrected chi connectivity index (χ2v) is 5.51. The summed E-state index contributed by atoms with van der Waals surface area (Å²) in [7, 11) is 0. The van der Waals surface area contributed by atoms with E-state index in [2.05, 4.69) is 31.9 Å². The van der Waals surface area contributed by atoms with Crippen molar-refractivity contribution in [2.45, 2.75) is 12.8 Å². The van der Waals surface area contributed by atoms with Gasteiger partial charge in [-0.2, -0.15) is 0 Å². The first-order valence-electron chi connectivity index (χ1n) is 5.03. The Morgan fingerprint density at radius 3 is 2.44 bits per heavy atom. The summed E-state index contributed by atoms with van der Waals surface area (Å²) in [5.74, 6) is -0.715. The van der Waals surface area contributed by atoms with Gasteiger partial charge in [-0.05, 0) is 40.9 Å². The summed E-state index contributed by atoms with van der Waals surface area (Å²) in [5, 5.41) is 0. The molecule has 2 nitrogen and oxygen atoms in total. The van der Waals surface area contributed by atoms with E-state index in [1.807, 2.05) is 0 Å². The fourth-order valence-corrected chi connectivity index (χ4v) is 3.17. The van der Waals surface area contributed by atoms with Crippen LogP contribution in [0.3, 0.4) is 0 Å².